The van der Waals surface area contributed by atoms with Crippen molar-refractivity contribution in [3.63, 3.8) is 0 Å². The van der Waals surface area contributed by atoms with Crippen LogP contribution in [0, 0.1) is 10.1 Å². The second-order valence-electron chi connectivity index (χ2n) is 5.77. The Morgan fingerprint density at radius 3 is 2.62 bits per heavy atom. The molecule has 3 rings (SSSR count). The van der Waals surface area contributed by atoms with E-state index >= 15 is 0 Å². The lowest BCUT2D eigenvalue weighted by Crippen LogP contribution is -2.36. The number of benzene rings is 2. The minimum atomic E-state index is -0.479. The molecule has 2 aromatic carbocycles. The maximum absolute atomic E-state index is 13.0. The van der Waals surface area contributed by atoms with Gasteiger partial charge in [-0.2, -0.15) is 0 Å². The Morgan fingerprint density at radius 1 is 1.17 bits per heavy atom. The highest BCUT2D eigenvalue weighted by molar-refractivity contribution is 6.09. The molecule has 7 heteroatoms. The first-order chi connectivity index (χ1) is 11.5. The third-order valence-electron chi connectivity index (χ3n) is 3.80. The average Bonchev–Trinajstić information content (AvgIpc) is 2.67. The van der Waals surface area contributed by atoms with Crippen LogP contribution in [0.1, 0.15) is 10.4 Å². The van der Waals surface area contributed by atoms with Gasteiger partial charge in [0.2, 0.25) is 0 Å². The minimum Gasteiger partial charge on any atom is -0.454 e. The van der Waals surface area contributed by atoms with Crippen molar-refractivity contribution in [1.82, 2.24) is 4.90 Å². The minimum absolute atomic E-state index is 0.0778. The number of nitrogens with zero attached hydrogens (tertiary/aromatic N) is 3. The third kappa shape index (κ3) is 2.93. The Bertz CT molecular complexity index is 804. The number of fused-ring (bicyclic) bond motifs is 2. The molecular weight excluding hydrogens is 310 g/mol. The number of nitro groups is 1. The predicted molar refractivity (Wildman–Crippen MR) is 89.8 cm³/mol. The molecule has 0 saturated carbocycles. The first kappa shape index (κ1) is 15.9. The van der Waals surface area contributed by atoms with Crippen LogP contribution in [0.4, 0.5) is 11.4 Å². The lowest BCUT2D eigenvalue weighted by atomic mass is 10.1. The number of ether oxygens (including phenoxy) is 1. The van der Waals surface area contributed by atoms with Crippen LogP contribution in [0.2, 0.25) is 0 Å². The zero-order chi connectivity index (χ0) is 17.3. The van der Waals surface area contributed by atoms with Crippen LogP contribution in [0.3, 0.4) is 0 Å². The van der Waals surface area contributed by atoms with Crippen LogP contribution in [0.5, 0.6) is 11.5 Å². The Labute approximate surface area is 139 Å². The molecule has 0 N–H and O–H groups in total. The van der Waals surface area contributed by atoms with E-state index in [2.05, 4.69) is 0 Å². The molecule has 0 saturated heterocycles. The standard InChI is InChI=1S/C17H17N3O4/c1-18(2)9-10-19-14-11-12(20(22)23)7-8-16(14)24-15-6-4-3-5-13(15)17(19)21/h3-8,11H,9-10H2,1-2H3. The fraction of sp³-hybridized carbons (Fsp3) is 0.235. The van der Waals surface area contributed by atoms with Crippen LogP contribution in [-0.4, -0.2) is 42.9 Å². The van der Waals surface area contributed by atoms with Gasteiger partial charge in [0.25, 0.3) is 11.6 Å². The lowest BCUT2D eigenvalue weighted by Gasteiger charge is -2.23. The number of hydrogen-bond donors (Lipinski definition) is 0. The molecule has 24 heavy (non-hydrogen) atoms. The number of hydrogen-bond acceptors (Lipinski definition) is 5. The number of non-ortho nitro benzene ring substituents is 1. The van der Waals surface area contributed by atoms with Gasteiger partial charge in [0.15, 0.2) is 5.75 Å². The topological polar surface area (TPSA) is 75.9 Å². The summed E-state index contributed by atoms with van der Waals surface area (Å²) in [7, 11) is 3.81. The molecule has 1 aliphatic rings. The van der Waals surface area contributed by atoms with Crippen molar-refractivity contribution in [2.45, 2.75) is 0 Å². The first-order valence-electron chi connectivity index (χ1n) is 7.49. The molecule has 1 amide bonds. The zero-order valence-electron chi connectivity index (χ0n) is 13.4. The second kappa shape index (κ2) is 6.29. The van der Waals surface area contributed by atoms with E-state index in [0.29, 0.717) is 35.8 Å². The molecule has 2 aromatic rings. The van der Waals surface area contributed by atoms with E-state index in [1.807, 2.05) is 19.0 Å². The predicted octanol–water partition coefficient (Wildman–Crippen LogP) is 2.91. The van der Waals surface area contributed by atoms with Crippen molar-refractivity contribution >= 4 is 17.3 Å². The Kier molecular flexibility index (Phi) is 4.18. The van der Waals surface area contributed by atoms with Gasteiger partial charge in [-0.3, -0.25) is 14.9 Å². The summed E-state index contributed by atoms with van der Waals surface area (Å²) in [5.41, 5.74) is 0.772. The molecule has 0 fully saturated rings. The average molecular weight is 327 g/mol. The van der Waals surface area contributed by atoms with Gasteiger partial charge >= 0.3 is 0 Å². The zero-order valence-corrected chi connectivity index (χ0v) is 13.4. The van der Waals surface area contributed by atoms with Crippen molar-refractivity contribution in [2.75, 3.05) is 32.1 Å². The number of rotatable bonds is 4. The Balaban J connectivity index is 2.12. The number of para-hydroxylation sites is 1. The maximum Gasteiger partial charge on any atom is 0.271 e. The van der Waals surface area contributed by atoms with Crippen LogP contribution in [0.25, 0.3) is 0 Å². The SMILES string of the molecule is CN(C)CCN1C(=O)c2ccccc2Oc2ccc([N+](=O)[O-])cc21. The number of carbonyl (C=O) groups excluding carboxylic acids is 1. The van der Waals surface area contributed by atoms with E-state index < -0.39 is 4.92 Å². The summed E-state index contributed by atoms with van der Waals surface area (Å²) < 4.78 is 5.85. The highest BCUT2D eigenvalue weighted by Gasteiger charge is 2.29. The third-order valence-corrected chi connectivity index (χ3v) is 3.80. The maximum atomic E-state index is 13.0. The molecule has 0 aromatic heterocycles. The summed E-state index contributed by atoms with van der Waals surface area (Å²) in [6, 6.07) is 11.3. The van der Waals surface area contributed by atoms with E-state index in [4.69, 9.17) is 4.74 Å². The molecule has 0 radical (unpaired) electrons. The molecule has 1 aliphatic heterocycles. The summed E-state index contributed by atoms with van der Waals surface area (Å²) in [6.45, 7) is 1.02. The molecule has 0 spiro atoms. The largest absolute Gasteiger partial charge is 0.454 e. The van der Waals surface area contributed by atoms with Crippen molar-refractivity contribution in [3.8, 4) is 11.5 Å². The van der Waals surface area contributed by atoms with Gasteiger partial charge in [-0.1, -0.05) is 12.1 Å². The van der Waals surface area contributed by atoms with Gasteiger partial charge in [0.1, 0.15) is 5.75 Å². The summed E-state index contributed by atoms with van der Waals surface area (Å²) >= 11 is 0. The van der Waals surface area contributed by atoms with Crippen LogP contribution in [0.15, 0.2) is 42.5 Å². The normalized spacial score (nSPS) is 13.1. The van der Waals surface area contributed by atoms with Gasteiger partial charge < -0.3 is 14.5 Å². The van der Waals surface area contributed by atoms with Gasteiger partial charge in [0, 0.05) is 25.2 Å². The van der Waals surface area contributed by atoms with Gasteiger partial charge in [-0.25, -0.2) is 0 Å². The van der Waals surface area contributed by atoms with E-state index in [0.717, 1.165) is 0 Å². The molecule has 0 unspecified atom stereocenters. The van der Waals surface area contributed by atoms with E-state index in [9.17, 15) is 14.9 Å². The van der Waals surface area contributed by atoms with Crippen LogP contribution >= 0.6 is 0 Å². The van der Waals surface area contributed by atoms with E-state index in [-0.39, 0.29) is 11.6 Å². The highest BCUT2D eigenvalue weighted by atomic mass is 16.6. The lowest BCUT2D eigenvalue weighted by molar-refractivity contribution is -0.384. The molecular formula is C17H17N3O4. The highest BCUT2D eigenvalue weighted by Crippen LogP contribution is 2.40. The van der Waals surface area contributed by atoms with Gasteiger partial charge in [0.05, 0.1) is 16.2 Å². The molecule has 1 heterocycles. The van der Waals surface area contributed by atoms with Crippen molar-refractivity contribution in [3.05, 3.63) is 58.1 Å². The fourth-order valence-corrected chi connectivity index (χ4v) is 2.54. The van der Waals surface area contributed by atoms with Gasteiger partial charge in [-0.15, -0.1) is 0 Å². The molecule has 0 aliphatic carbocycles. The number of likely N-dealkylation sites (N-methyl/N-ethyl adjacent to an activating group) is 1. The summed E-state index contributed by atoms with van der Waals surface area (Å²) in [5.74, 6) is 0.648. The van der Waals surface area contributed by atoms with Crippen molar-refractivity contribution in [1.29, 1.82) is 0 Å². The number of amides is 1. The summed E-state index contributed by atoms with van der Waals surface area (Å²) in [6.07, 6.45) is 0. The number of nitro benzene ring substituents is 1. The number of carbonyl (C=O) groups is 1. The second-order valence-corrected chi connectivity index (χ2v) is 5.77. The molecule has 7 nitrogen and oxygen atoms in total. The van der Waals surface area contributed by atoms with Crippen molar-refractivity contribution in [2.24, 2.45) is 0 Å². The fourth-order valence-electron chi connectivity index (χ4n) is 2.54. The van der Waals surface area contributed by atoms with E-state index in [1.165, 1.54) is 23.1 Å². The van der Waals surface area contributed by atoms with E-state index in [1.54, 1.807) is 24.3 Å². The smallest absolute Gasteiger partial charge is 0.271 e. The first-order valence-corrected chi connectivity index (χ1v) is 7.49. The quantitative estimate of drug-likeness (QED) is 0.637. The molecule has 0 atom stereocenters. The van der Waals surface area contributed by atoms with Crippen LogP contribution in [-0.2, 0) is 0 Å². The Hall–Kier alpha value is -2.93. The molecule has 0 bridgehead atoms. The Morgan fingerprint density at radius 2 is 1.92 bits per heavy atom. The summed E-state index contributed by atoms with van der Waals surface area (Å²) in [5, 5.41) is 11.1. The number of anilines is 1. The molecule has 124 valence electrons. The monoisotopic (exact) mass is 327 g/mol. The summed E-state index contributed by atoms with van der Waals surface area (Å²) in [4.78, 5) is 27.1. The van der Waals surface area contributed by atoms with Crippen LogP contribution < -0.4 is 9.64 Å². The van der Waals surface area contributed by atoms with Gasteiger partial charge in [-0.05, 0) is 32.3 Å². The van der Waals surface area contributed by atoms with Crippen molar-refractivity contribution < 1.29 is 14.5 Å².